The van der Waals surface area contributed by atoms with Gasteiger partial charge in [-0.05, 0) is 25.8 Å². The van der Waals surface area contributed by atoms with Crippen LogP contribution in [-0.2, 0) is 0 Å². The van der Waals surface area contributed by atoms with E-state index in [0.29, 0.717) is 18.5 Å². The summed E-state index contributed by atoms with van der Waals surface area (Å²) in [5, 5.41) is 3.35. The summed E-state index contributed by atoms with van der Waals surface area (Å²) in [6, 6.07) is 0.980. The van der Waals surface area contributed by atoms with Crippen LogP contribution in [0.4, 0.5) is 4.39 Å². The van der Waals surface area contributed by atoms with Crippen LogP contribution in [0.2, 0.25) is 0 Å². The first-order chi connectivity index (χ1) is 5.68. The Bertz CT molecular complexity index is 174. The quantitative estimate of drug-likeness (QED) is 0.586. The lowest BCUT2D eigenvalue weighted by atomic mass is 9.82. The Morgan fingerprint density at radius 2 is 2.17 bits per heavy atom. The number of rotatable bonds is 0. The summed E-state index contributed by atoms with van der Waals surface area (Å²) in [5.74, 6) is 0.244. The molecule has 12 heavy (non-hydrogen) atoms. The monoisotopic (exact) mass is 172 g/mol. The molecule has 1 saturated carbocycles. The van der Waals surface area contributed by atoms with Gasteiger partial charge in [-0.25, -0.2) is 4.39 Å². The van der Waals surface area contributed by atoms with Gasteiger partial charge in [-0.15, -0.1) is 0 Å². The highest BCUT2D eigenvalue weighted by Crippen LogP contribution is 2.31. The van der Waals surface area contributed by atoms with Crippen molar-refractivity contribution in [3.63, 3.8) is 0 Å². The van der Waals surface area contributed by atoms with E-state index in [4.69, 9.17) is 0 Å². The minimum Gasteiger partial charge on any atom is -0.300 e. The first kappa shape index (κ1) is 8.45. The summed E-state index contributed by atoms with van der Waals surface area (Å²) in [6.45, 7) is 2.95. The molecular formula is C9H17FN2. The topological polar surface area (TPSA) is 15.3 Å². The molecule has 4 atom stereocenters. The zero-order chi connectivity index (χ0) is 8.72. The number of hydrogen-bond donors (Lipinski definition) is 1. The summed E-state index contributed by atoms with van der Waals surface area (Å²) in [6.07, 6.45) is 1.12. The maximum Gasteiger partial charge on any atom is 0.104 e. The summed E-state index contributed by atoms with van der Waals surface area (Å²) in [4.78, 5) is 2.30. The van der Waals surface area contributed by atoms with Crippen molar-refractivity contribution >= 4 is 0 Å². The third-order valence-electron chi connectivity index (χ3n) is 3.34. The van der Waals surface area contributed by atoms with Crippen molar-refractivity contribution in [3.8, 4) is 0 Å². The summed E-state index contributed by atoms with van der Waals surface area (Å²) < 4.78 is 13.3. The highest BCUT2D eigenvalue weighted by molar-refractivity contribution is 4.96. The van der Waals surface area contributed by atoms with Gasteiger partial charge < -0.3 is 0 Å². The van der Waals surface area contributed by atoms with Crippen molar-refractivity contribution in [1.82, 2.24) is 10.2 Å². The molecule has 0 aromatic rings. The maximum absolute atomic E-state index is 13.3. The molecule has 0 radical (unpaired) electrons. The first-order valence-corrected chi connectivity index (χ1v) is 4.76. The lowest BCUT2D eigenvalue weighted by Gasteiger charge is -2.34. The molecule has 1 N–H and O–H groups in total. The number of alkyl halides is 1. The van der Waals surface area contributed by atoms with Gasteiger partial charge in [-0.3, -0.25) is 10.2 Å². The molecule has 4 unspecified atom stereocenters. The molecule has 1 saturated heterocycles. The highest BCUT2D eigenvalue weighted by Gasteiger charge is 2.40. The average Bonchev–Trinajstić information content (AvgIpc) is 2.35. The van der Waals surface area contributed by atoms with E-state index in [-0.39, 0.29) is 5.92 Å². The maximum atomic E-state index is 13.3. The number of nitrogens with one attached hydrogen (secondary N) is 1. The van der Waals surface area contributed by atoms with E-state index in [9.17, 15) is 4.39 Å². The smallest absolute Gasteiger partial charge is 0.104 e. The van der Waals surface area contributed by atoms with Crippen LogP contribution >= 0.6 is 0 Å². The molecule has 2 aliphatic rings. The molecule has 70 valence electrons. The fourth-order valence-corrected chi connectivity index (χ4v) is 2.41. The molecule has 0 aromatic carbocycles. The number of halogens is 1. The average molecular weight is 172 g/mol. The second-order valence-corrected chi connectivity index (χ2v) is 4.26. The first-order valence-electron chi connectivity index (χ1n) is 4.76. The van der Waals surface area contributed by atoms with Crippen molar-refractivity contribution in [2.75, 3.05) is 13.7 Å². The Kier molecular flexibility index (Phi) is 2.09. The van der Waals surface area contributed by atoms with Crippen molar-refractivity contribution in [3.05, 3.63) is 0 Å². The van der Waals surface area contributed by atoms with E-state index < -0.39 is 6.17 Å². The van der Waals surface area contributed by atoms with Crippen LogP contribution < -0.4 is 5.32 Å². The van der Waals surface area contributed by atoms with E-state index in [2.05, 4.69) is 17.3 Å². The highest BCUT2D eigenvalue weighted by atomic mass is 19.1. The van der Waals surface area contributed by atoms with Gasteiger partial charge in [0.2, 0.25) is 0 Å². The zero-order valence-corrected chi connectivity index (χ0v) is 7.76. The Morgan fingerprint density at radius 3 is 2.92 bits per heavy atom. The van der Waals surface area contributed by atoms with Gasteiger partial charge in [-0.1, -0.05) is 6.92 Å². The van der Waals surface area contributed by atoms with Crippen LogP contribution in [0.15, 0.2) is 0 Å². The third-order valence-corrected chi connectivity index (χ3v) is 3.34. The Labute approximate surface area is 73.1 Å². The molecular weight excluding hydrogens is 155 g/mol. The third kappa shape index (κ3) is 1.25. The minimum atomic E-state index is -0.592. The molecule has 2 fully saturated rings. The SMILES string of the molecule is CC1CC2C(CC1F)NCN2C. The molecule has 0 aromatic heterocycles. The molecule has 0 bridgehead atoms. The lowest BCUT2D eigenvalue weighted by molar-refractivity contribution is 0.116. The van der Waals surface area contributed by atoms with Crippen LogP contribution in [0.1, 0.15) is 19.8 Å². The van der Waals surface area contributed by atoms with E-state index in [1.165, 1.54) is 0 Å². The predicted octanol–water partition coefficient (Wildman–Crippen LogP) is 0.984. The van der Waals surface area contributed by atoms with Gasteiger partial charge in [0.15, 0.2) is 0 Å². The molecule has 3 heteroatoms. The van der Waals surface area contributed by atoms with Gasteiger partial charge >= 0.3 is 0 Å². The van der Waals surface area contributed by atoms with Crippen LogP contribution in [-0.4, -0.2) is 36.9 Å². The van der Waals surface area contributed by atoms with Crippen molar-refractivity contribution in [1.29, 1.82) is 0 Å². The number of nitrogens with zero attached hydrogens (tertiary/aromatic N) is 1. The van der Waals surface area contributed by atoms with E-state index in [0.717, 1.165) is 13.1 Å². The molecule has 0 spiro atoms. The standard InChI is InChI=1S/C9H17FN2/c1-6-3-9-8(4-7(6)10)11-5-12(9)2/h6-9,11H,3-5H2,1-2H3. The van der Waals surface area contributed by atoms with Gasteiger partial charge in [-0.2, -0.15) is 0 Å². The lowest BCUT2D eigenvalue weighted by Crippen LogP contribution is -2.44. The van der Waals surface area contributed by atoms with Gasteiger partial charge in [0.1, 0.15) is 6.17 Å². The number of fused-ring (bicyclic) bond motifs is 1. The summed E-state index contributed by atoms with van der Waals surface area (Å²) in [7, 11) is 2.11. The molecule has 1 heterocycles. The van der Waals surface area contributed by atoms with E-state index in [1.54, 1.807) is 0 Å². The minimum absolute atomic E-state index is 0.244. The normalized spacial score (nSPS) is 49.2. The summed E-state index contributed by atoms with van der Waals surface area (Å²) in [5.41, 5.74) is 0. The number of hydrogen-bond acceptors (Lipinski definition) is 2. The van der Waals surface area contributed by atoms with Crippen molar-refractivity contribution in [2.24, 2.45) is 5.92 Å². The van der Waals surface area contributed by atoms with Gasteiger partial charge in [0, 0.05) is 18.8 Å². The molecule has 0 amide bonds. The van der Waals surface area contributed by atoms with E-state index >= 15 is 0 Å². The van der Waals surface area contributed by atoms with Crippen LogP contribution in [0.5, 0.6) is 0 Å². The van der Waals surface area contributed by atoms with E-state index in [1.807, 2.05) is 6.92 Å². The fourth-order valence-electron chi connectivity index (χ4n) is 2.41. The van der Waals surface area contributed by atoms with Crippen molar-refractivity contribution < 1.29 is 4.39 Å². The van der Waals surface area contributed by atoms with Crippen LogP contribution in [0, 0.1) is 5.92 Å². The molecule has 1 aliphatic heterocycles. The molecule has 2 rings (SSSR count). The second kappa shape index (κ2) is 2.96. The fraction of sp³-hybridized carbons (Fsp3) is 1.00. The largest absolute Gasteiger partial charge is 0.300 e. The van der Waals surface area contributed by atoms with Gasteiger partial charge in [0.25, 0.3) is 0 Å². The Balaban J connectivity index is 2.04. The zero-order valence-electron chi connectivity index (χ0n) is 7.76. The Morgan fingerprint density at radius 1 is 1.42 bits per heavy atom. The van der Waals surface area contributed by atoms with Crippen molar-refractivity contribution in [2.45, 2.75) is 38.0 Å². The summed E-state index contributed by atoms with van der Waals surface area (Å²) >= 11 is 0. The number of likely N-dealkylation sites (N-methyl/N-ethyl adjacent to an activating group) is 1. The van der Waals surface area contributed by atoms with Gasteiger partial charge in [0.05, 0.1) is 0 Å². The molecule has 1 aliphatic carbocycles. The molecule has 2 nitrogen and oxygen atoms in total. The van der Waals surface area contributed by atoms with Crippen LogP contribution in [0.3, 0.4) is 0 Å². The second-order valence-electron chi connectivity index (χ2n) is 4.26. The Hall–Kier alpha value is -0.150. The predicted molar refractivity (Wildman–Crippen MR) is 46.6 cm³/mol. The van der Waals surface area contributed by atoms with Crippen LogP contribution in [0.25, 0.3) is 0 Å².